The number of hydrogen-bond acceptors (Lipinski definition) is 7. The lowest BCUT2D eigenvalue weighted by molar-refractivity contribution is -0.118. The van der Waals surface area contributed by atoms with Crippen molar-refractivity contribution in [3.8, 4) is 22.3 Å². The van der Waals surface area contributed by atoms with E-state index < -0.39 is 15.9 Å². The molecule has 1 atom stereocenters. The van der Waals surface area contributed by atoms with Gasteiger partial charge in [0.1, 0.15) is 11.9 Å². The lowest BCUT2D eigenvalue weighted by atomic mass is 9.97. The van der Waals surface area contributed by atoms with Crippen molar-refractivity contribution in [1.82, 2.24) is 19.8 Å². The second-order valence-corrected chi connectivity index (χ2v) is 13.5. The average molecular weight is 678 g/mol. The molecule has 44 heavy (non-hydrogen) atoms. The molecule has 0 spiro atoms. The third-order valence-electron chi connectivity index (χ3n) is 8.18. The molecule has 2 aromatic rings. The molecule has 6 rings (SSSR count). The van der Waals surface area contributed by atoms with Crippen LogP contribution in [-0.4, -0.2) is 49.3 Å². The summed E-state index contributed by atoms with van der Waals surface area (Å²) < 4.78 is 34.7. The lowest BCUT2D eigenvalue weighted by Gasteiger charge is -2.34. The average Bonchev–Trinajstić information content (AvgIpc) is 3.77. The molecule has 2 aromatic carbocycles. The van der Waals surface area contributed by atoms with Crippen molar-refractivity contribution in [2.75, 3.05) is 7.05 Å². The molecule has 228 valence electrons. The van der Waals surface area contributed by atoms with E-state index in [1.807, 2.05) is 24.4 Å². The minimum atomic E-state index is -4.10. The summed E-state index contributed by atoms with van der Waals surface area (Å²) in [5, 5.41) is 2.80. The molecule has 2 N–H and O–H groups in total. The summed E-state index contributed by atoms with van der Waals surface area (Å²) in [6.45, 7) is 2.52. The highest BCUT2D eigenvalue weighted by atomic mass is 79.9. The Labute approximate surface area is 265 Å². The maximum atomic E-state index is 13.6. The molecule has 2 heterocycles. The summed E-state index contributed by atoms with van der Waals surface area (Å²) in [4.78, 5) is 31.3. The van der Waals surface area contributed by atoms with Gasteiger partial charge >= 0.3 is 0 Å². The van der Waals surface area contributed by atoms with Gasteiger partial charge in [0.25, 0.3) is 21.8 Å². The Hall–Kier alpha value is -4.09. The first-order valence-corrected chi connectivity index (χ1v) is 16.9. The van der Waals surface area contributed by atoms with Gasteiger partial charge in [0, 0.05) is 47.0 Å². The quantitative estimate of drug-likeness (QED) is 0.214. The van der Waals surface area contributed by atoms with Crippen LogP contribution in [0.2, 0.25) is 0 Å². The van der Waals surface area contributed by atoms with Gasteiger partial charge in [-0.3, -0.25) is 9.59 Å². The van der Waals surface area contributed by atoms with Gasteiger partial charge in [-0.2, -0.15) is 0 Å². The fraction of sp³-hybridized carbons (Fsp3) is 0.273. The third kappa shape index (κ3) is 5.50. The van der Waals surface area contributed by atoms with E-state index in [1.165, 1.54) is 12.1 Å². The molecule has 1 fully saturated rings. The molecule has 4 aliphatic rings. The van der Waals surface area contributed by atoms with Crippen LogP contribution in [0.5, 0.6) is 0 Å². The Bertz CT molecular complexity index is 1820. The second kappa shape index (κ2) is 12.1. The topological polar surface area (TPSA) is 112 Å². The van der Waals surface area contributed by atoms with E-state index in [1.54, 1.807) is 49.9 Å². The first-order valence-electron chi connectivity index (χ1n) is 14.6. The van der Waals surface area contributed by atoms with E-state index in [0.717, 1.165) is 47.9 Å². The van der Waals surface area contributed by atoms with Crippen molar-refractivity contribution in [2.45, 2.75) is 56.3 Å². The minimum Gasteiger partial charge on any atom is -0.472 e. The normalized spacial score (nSPS) is 16.7. The molecule has 0 aromatic heterocycles. The minimum absolute atomic E-state index is 0.000618. The molecule has 9 nitrogen and oxygen atoms in total. The zero-order chi connectivity index (χ0) is 31.0. The summed E-state index contributed by atoms with van der Waals surface area (Å²) in [5.74, 6) is -0.903. The fourth-order valence-corrected chi connectivity index (χ4v) is 7.72. The predicted octanol–water partition coefficient (Wildman–Crippen LogP) is 5.93. The number of likely N-dealkylation sites (N-methyl/N-ethyl adjacent to an activating group) is 1. The van der Waals surface area contributed by atoms with Crippen molar-refractivity contribution in [2.24, 2.45) is 0 Å². The van der Waals surface area contributed by atoms with Gasteiger partial charge in [0.15, 0.2) is 0 Å². The van der Waals surface area contributed by atoms with Crippen molar-refractivity contribution < 1.29 is 22.4 Å². The summed E-state index contributed by atoms with van der Waals surface area (Å²) in [7, 11) is -2.47. The number of carbonyl (C=O) groups excluding carboxylic acids is 2. The molecule has 2 aliphatic heterocycles. The van der Waals surface area contributed by atoms with Gasteiger partial charge in [-0.1, -0.05) is 49.7 Å². The number of hydrogen-bond donors (Lipinski definition) is 2. The molecule has 0 bridgehead atoms. The highest BCUT2D eigenvalue weighted by Crippen LogP contribution is 2.48. The lowest BCUT2D eigenvalue weighted by Crippen LogP contribution is -2.42. The van der Waals surface area contributed by atoms with Gasteiger partial charge in [-0.25, -0.2) is 13.1 Å². The number of nitrogens with one attached hydrogen (secondary N) is 2. The molecule has 11 heteroatoms. The number of nitrogens with zero attached hydrogens (tertiary/aromatic N) is 2. The molecule has 0 saturated heterocycles. The smallest absolute Gasteiger partial charge is 0.268 e. The maximum Gasteiger partial charge on any atom is 0.268 e. The van der Waals surface area contributed by atoms with Crippen LogP contribution in [0.3, 0.4) is 0 Å². The van der Waals surface area contributed by atoms with Crippen molar-refractivity contribution in [1.29, 1.82) is 0 Å². The van der Waals surface area contributed by atoms with Crippen LogP contribution in [0.1, 0.15) is 48.5 Å². The van der Waals surface area contributed by atoms with Crippen LogP contribution in [0, 0.1) is 0 Å². The van der Waals surface area contributed by atoms with Crippen LogP contribution in [0.15, 0.2) is 98.9 Å². The number of amides is 2. The molecule has 1 unspecified atom stereocenters. The Balaban J connectivity index is 1.46. The van der Waals surface area contributed by atoms with Gasteiger partial charge in [0.05, 0.1) is 17.4 Å². The molecule has 2 aliphatic carbocycles. The highest BCUT2D eigenvalue weighted by Gasteiger charge is 2.42. The highest BCUT2D eigenvalue weighted by molar-refractivity contribution is 9.10. The van der Waals surface area contributed by atoms with Gasteiger partial charge in [-0.15, -0.1) is 0 Å². The first kappa shape index (κ1) is 30.0. The third-order valence-corrected chi connectivity index (χ3v) is 10.4. The number of sulfonamides is 1. The number of carbonyl (C=O) groups is 2. The summed E-state index contributed by atoms with van der Waals surface area (Å²) >= 11 is 3.79. The van der Waals surface area contributed by atoms with Gasteiger partial charge in [0.2, 0.25) is 0 Å². The van der Waals surface area contributed by atoms with Crippen LogP contribution in [0.25, 0.3) is 22.3 Å². The molecule has 2 amide bonds. The van der Waals surface area contributed by atoms with Crippen molar-refractivity contribution in [3.05, 3.63) is 101 Å². The monoisotopic (exact) mass is 676 g/mol. The Morgan fingerprint density at radius 3 is 2.41 bits per heavy atom. The zero-order valence-corrected chi connectivity index (χ0v) is 26.8. The Kier molecular flexibility index (Phi) is 8.26. The number of fused-ring (bicyclic) bond motifs is 1. The standard InChI is InChI=1S/C33H33BrN4O5S/c1-3-9-29-37(21-14-15-21)19-28(33(40)35-2)38(29)18-26-23-16-17-43-20-27(23)31(34)30(26)24-12-7-8-13-25(24)32(39)36-44(41,42)22-10-5-4-6-11-22/h4-8,10-13,16-17,19-21,29H,3,9,14-15,18H2,1-2H3,(H,35,40)(H,36,39). The largest absolute Gasteiger partial charge is 0.472 e. The summed E-state index contributed by atoms with van der Waals surface area (Å²) in [6, 6.07) is 17.0. The molecule has 1 saturated carbocycles. The van der Waals surface area contributed by atoms with E-state index in [-0.39, 0.29) is 22.5 Å². The summed E-state index contributed by atoms with van der Waals surface area (Å²) in [5.41, 5.74) is 4.69. The summed E-state index contributed by atoms with van der Waals surface area (Å²) in [6.07, 6.45) is 9.24. The Morgan fingerprint density at radius 1 is 0.977 bits per heavy atom. The number of halogens is 1. The van der Waals surface area contributed by atoms with E-state index in [0.29, 0.717) is 28.3 Å². The zero-order valence-electron chi connectivity index (χ0n) is 24.4. The van der Waals surface area contributed by atoms with Crippen molar-refractivity contribution >= 4 is 37.8 Å². The molecule has 0 radical (unpaired) electrons. The van der Waals surface area contributed by atoms with Crippen LogP contribution in [0.4, 0.5) is 0 Å². The second-order valence-electron chi connectivity index (χ2n) is 11.0. The van der Waals surface area contributed by atoms with Crippen LogP contribution >= 0.6 is 15.9 Å². The SMILES string of the molecule is CCCC1N(Cc2c3ccocc-3c(Br)c2-c2ccccc2C(=O)NS(=O)(=O)c2ccccc2)C(C(=O)NC)=CN1C1CC1. The van der Waals surface area contributed by atoms with Crippen molar-refractivity contribution in [3.63, 3.8) is 0 Å². The van der Waals surface area contributed by atoms with E-state index in [2.05, 4.69) is 42.7 Å². The van der Waals surface area contributed by atoms with E-state index >= 15 is 0 Å². The predicted molar refractivity (Wildman–Crippen MR) is 171 cm³/mol. The van der Waals surface area contributed by atoms with Crippen LogP contribution in [-0.2, 0) is 21.4 Å². The maximum absolute atomic E-state index is 13.6. The number of benzene rings is 2. The first-order chi connectivity index (χ1) is 21.2. The number of rotatable bonds is 10. The van der Waals surface area contributed by atoms with E-state index in [9.17, 15) is 18.0 Å². The molecular weight excluding hydrogens is 644 g/mol. The van der Waals surface area contributed by atoms with Gasteiger partial charge in [-0.05, 0) is 76.1 Å². The van der Waals surface area contributed by atoms with Crippen LogP contribution < -0.4 is 10.0 Å². The fourth-order valence-electron chi connectivity index (χ4n) is 5.97. The van der Waals surface area contributed by atoms with E-state index in [4.69, 9.17) is 4.42 Å². The molecular formula is C33H33BrN4O5S. The Morgan fingerprint density at radius 2 is 1.70 bits per heavy atom. The van der Waals surface area contributed by atoms with Gasteiger partial charge < -0.3 is 19.5 Å².